The molecule has 0 aliphatic rings. The van der Waals surface area contributed by atoms with Gasteiger partial charge in [-0.3, -0.25) is 0 Å². The maximum Gasteiger partial charge on any atom is 0.127 e. The first-order valence-electron chi connectivity index (χ1n) is 7.27. The van der Waals surface area contributed by atoms with E-state index in [1.54, 1.807) is 0 Å². The Balaban J connectivity index is 1.75. The van der Waals surface area contributed by atoms with E-state index in [4.69, 9.17) is 4.74 Å². The first-order chi connectivity index (χ1) is 10.3. The molecule has 3 rings (SSSR count). The predicted molar refractivity (Wildman–Crippen MR) is 87.8 cm³/mol. The lowest BCUT2D eigenvalue weighted by atomic mass is 10.1. The van der Waals surface area contributed by atoms with Crippen LogP contribution >= 0.6 is 0 Å². The summed E-state index contributed by atoms with van der Waals surface area (Å²) >= 11 is 0. The smallest absolute Gasteiger partial charge is 0.127 e. The highest BCUT2D eigenvalue weighted by Crippen LogP contribution is 2.25. The molecular weight excluding hydrogens is 256 g/mol. The lowest BCUT2D eigenvalue weighted by Gasteiger charge is -2.07. The van der Waals surface area contributed by atoms with Crippen molar-refractivity contribution in [2.75, 3.05) is 0 Å². The van der Waals surface area contributed by atoms with Crippen LogP contribution in [0.1, 0.15) is 12.5 Å². The monoisotopic (exact) mass is 274 g/mol. The summed E-state index contributed by atoms with van der Waals surface area (Å²) in [4.78, 5) is 0. The Morgan fingerprint density at radius 1 is 0.619 bits per heavy atom. The second kappa shape index (κ2) is 6.27. The fourth-order valence-electron chi connectivity index (χ4n) is 2.28. The Labute approximate surface area is 125 Å². The van der Waals surface area contributed by atoms with Gasteiger partial charge in [-0.1, -0.05) is 61.5 Å². The van der Waals surface area contributed by atoms with Gasteiger partial charge >= 0.3 is 0 Å². The minimum Gasteiger partial charge on any atom is -0.457 e. The van der Waals surface area contributed by atoms with E-state index in [0.717, 1.165) is 17.9 Å². The van der Waals surface area contributed by atoms with Crippen molar-refractivity contribution < 1.29 is 4.74 Å². The van der Waals surface area contributed by atoms with Crippen molar-refractivity contribution in [2.24, 2.45) is 0 Å². The summed E-state index contributed by atoms with van der Waals surface area (Å²) in [6, 6.07) is 26.8. The van der Waals surface area contributed by atoms with Gasteiger partial charge in [-0.2, -0.15) is 0 Å². The van der Waals surface area contributed by atoms with Crippen LogP contribution < -0.4 is 4.74 Å². The molecule has 1 nitrogen and oxygen atoms in total. The molecule has 1 heteroatoms. The molecule has 104 valence electrons. The van der Waals surface area contributed by atoms with Crippen molar-refractivity contribution in [3.8, 4) is 22.6 Å². The average molecular weight is 274 g/mol. The topological polar surface area (TPSA) is 9.23 Å². The van der Waals surface area contributed by atoms with E-state index in [-0.39, 0.29) is 0 Å². The molecular formula is C20H18O. The van der Waals surface area contributed by atoms with Gasteiger partial charge in [0.1, 0.15) is 11.5 Å². The molecule has 0 spiro atoms. The highest BCUT2D eigenvalue weighted by Gasteiger charge is 2.00. The maximum atomic E-state index is 5.87. The molecule has 0 aliphatic carbocycles. The van der Waals surface area contributed by atoms with Crippen LogP contribution in [-0.4, -0.2) is 0 Å². The summed E-state index contributed by atoms with van der Waals surface area (Å²) in [7, 11) is 0. The molecule has 0 atom stereocenters. The third-order valence-electron chi connectivity index (χ3n) is 3.53. The number of rotatable bonds is 4. The average Bonchev–Trinajstić information content (AvgIpc) is 2.57. The van der Waals surface area contributed by atoms with Crippen LogP contribution in [0.15, 0.2) is 78.9 Å². The number of ether oxygens (including phenoxy) is 1. The van der Waals surface area contributed by atoms with Crippen molar-refractivity contribution in [3.05, 3.63) is 84.4 Å². The van der Waals surface area contributed by atoms with Crippen LogP contribution in [0.5, 0.6) is 11.5 Å². The molecule has 21 heavy (non-hydrogen) atoms. The SMILES string of the molecule is CCc1ccc(Oc2ccc(-c3ccccc3)cc2)cc1. The van der Waals surface area contributed by atoms with Crippen LogP contribution in [0.4, 0.5) is 0 Å². The van der Waals surface area contributed by atoms with Crippen LogP contribution in [-0.2, 0) is 6.42 Å². The minimum atomic E-state index is 0.860. The summed E-state index contributed by atoms with van der Waals surface area (Å²) in [6.45, 7) is 2.15. The lowest BCUT2D eigenvalue weighted by Crippen LogP contribution is -1.85. The molecule has 0 aliphatic heterocycles. The molecule has 0 unspecified atom stereocenters. The fraction of sp³-hybridized carbons (Fsp3) is 0.100. The molecule has 0 aromatic heterocycles. The first kappa shape index (κ1) is 13.4. The van der Waals surface area contributed by atoms with Crippen LogP contribution in [0.3, 0.4) is 0 Å². The van der Waals surface area contributed by atoms with E-state index in [1.165, 1.54) is 16.7 Å². The van der Waals surface area contributed by atoms with Crippen molar-refractivity contribution in [2.45, 2.75) is 13.3 Å². The summed E-state index contributed by atoms with van der Waals surface area (Å²) in [6.07, 6.45) is 1.05. The van der Waals surface area contributed by atoms with Crippen molar-refractivity contribution in [3.63, 3.8) is 0 Å². The van der Waals surface area contributed by atoms with Crippen molar-refractivity contribution in [1.29, 1.82) is 0 Å². The van der Waals surface area contributed by atoms with E-state index in [0.29, 0.717) is 0 Å². The zero-order valence-corrected chi connectivity index (χ0v) is 12.1. The van der Waals surface area contributed by atoms with E-state index >= 15 is 0 Å². The molecule has 0 amide bonds. The maximum absolute atomic E-state index is 5.87. The van der Waals surface area contributed by atoms with Gasteiger partial charge in [0.25, 0.3) is 0 Å². The number of aryl methyl sites for hydroxylation is 1. The fourth-order valence-corrected chi connectivity index (χ4v) is 2.28. The summed E-state index contributed by atoms with van der Waals surface area (Å²) in [5, 5.41) is 0. The van der Waals surface area contributed by atoms with Gasteiger partial charge in [0, 0.05) is 0 Å². The lowest BCUT2D eigenvalue weighted by molar-refractivity contribution is 0.482. The highest BCUT2D eigenvalue weighted by atomic mass is 16.5. The van der Waals surface area contributed by atoms with Gasteiger partial charge in [-0.25, -0.2) is 0 Å². The third kappa shape index (κ3) is 3.32. The minimum absolute atomic E-state index is 0.860. The molecule has 0 N–H and O–H groups in total. The quantitative estimate of drug-likeness (QED) is 0.592. The number of hydrogen-bond acceptors (Lipinski definition) is 1. The van der Waals surface area contributed by atoms with E-state index in [1.807, 2.05) is 30.3 Å². The van der Waals surface area contributed by atoms with Crippen molar-refractivity contribution in [1.82, 2.24) is 0 Å². The van der Waals surface area contributed by atoms with Crippen LogP contribution in [0.25, 0.3) is 11.1 Å². The summed E-state index contributed by atoms with van der Waals surface area (Å²) in [5.41, 5.74) is 3.74. The second-order valence-electron chi connectivity index (χ2n) is 4.99. The van der Waals surface area contributed by atoms with Gasteiger partial charge in [0.15, 0.2) is 0 Å². The summed E-state index contributed by atoms with van der Waals surface area (Å²) in [5.74, 6) is 1.73. The van der Waals surface area contributed by atoms with E-state index < -0.39 is 0 Å². The standard InChI is InChI=1S/C20H18O/c1-2-16-8-12-19(13-9-16)21-20-14-10-18(11-15-20)17-6-4-3-5-7-17/h3-15H,2H2,1H3. The van der Waals surface area contributed by atoms with Crippen LogP contribution in [0, 0.1) is 0 Å². The highest BCUT2D eigenvalue weighted by molar-refractivity contribution is 5.64. The zero-order chi connectivity index (χ0) is 14.5. The molecule has 0 radical (unpaired) electrons. The molecule has 0 heterocycles. The Kier molecular flexibility index (Phi) is 4.02. The molecule has 0 bridgehead atoms. The molecule has 0 saturated carbocycles. The zero-order valence-electron chi connectivity index (χ0n) is 12.1. The van der Waals surface area contributed by atoms with Gasteiger partial charge in [-0.05, 0) is 47.4 Å². The Morgan fingerprint density at radius 2 is 1.14 bits per heavy atom. The predicted octanol–water partition coefficient (Wildman–Crippen LogP) is 5.71. The van der Waals surface area contributed by atoms with Gasteiger partial charge in [0.05, 0.1) is 0 Å². The largest absolute Gasteiger partial charge is 0.457 e. The summed E-state index contributed by atoms with van der Waals surface area (Å²) < 4.78 is 5.87. The molecule has 0 saturated heterocycles. The Morgan fingerprint density at radius 3 is 1.71 bits per heavy atom. The number of hydrogen-bond donors (Lipinski definition) is 0. The van der Waals surface area contributed by atoms with Gasteiger partial charge < -0.3 is 4.74 Å². The number of benzene rings is 3. The third-order valence-corrected chi connectivity index (χ3v) is 3.53. The van der Waals surface area contributed by atoms with E-state index in [2.05, 4.69) is 55.5 Å². The molecule has 3 aromatic rings. The normalized spacial score (nSPS) is 10.3. The first-order valence-corrected chi connectivity index (χ1v) is 7.27. The van der Waals surface area contributed by atoms with E-state index in [9.17, 15) is 0 Å². The van der Waals surface area contributed by atoms with Gasteiger partial charge in [0.2, 0.25) is 0 Å². The Bertz CT molecular complexity index is 682. The van der Waals surface area contributed by atoms with Gasteiger partial charge in [-0.15, -0.1) is 0 Å². The van der Waals surface area contributed by atoms with Crippen LogP contribution in [0.2, 0.25) is 0 Å². The Hall–Kier alpha value is -2.54. The van der Waals surface area contributed by atoms with Crippen molar-refractivity contribution >= 4 is 0 Å². The molecule has 3 aromatic carbocycles. The molecule has 0 fully saturated rings. The second-order valence-corrected chi connectivity index (χ2v) is 4.99.